The van der Waals surface area contributed by atoms with Crippen LogP contribution >= 0.6 is 0 Å². The predicted molar refractivity (Wildman–Crippen MR) is 74.2 cm³/mol. The van der Waals surface area contributed by atoms with Crippen molar-refractivity contribution in [3.8, 4) is 0 Å². The highest BCUT2D eigenvalue weighted by Crippen LogP contribution is 2.19. The fourth-order valence-electron chi connectivity index (χ4n) is 1.78. The zero-order valence-electron chi connectivity index (χ0n) is 11.3. The largest absolute Gasteiger partial charge is 0.478 e. The van der Waals surface area contributed by atoms with Crippen LogP contribution in [-0.4, -0.2) is 28.2 Å². The van der Waals surface area contributed by atoms with Gasteiger partial charge in [-0.3, -0.25) is 0 Å². The molecule has 1 heterocycles. The van der Waals surface area contributed by atoms with Crippen LogP contribution in [0.1, 0.15) is 21.6 Å². The molecule has 0 saturated carbocycles. The number of methoxy groups -OCH3 is 1. The number of aromatic carboxylic acids is 1. The molecule has 20 heavy (non-hydrogen) atoms. The second-order valence-corrected chi connectivity index (χ2v) is 4.21. The van der Waals surface area contributed by atoms with E-state index in [-0.39, 0.29) is 5.56 Å². The monoisotopic (exact) mass is 273 g/mol. The summed E-state index contributed by atoms with van der Waals surface area (Å²) >= 11 is 0. The molecule has 0 aliphatic rings. The number of rotatable bonds is 5. The van der Waals surface area contributed by atoms with E-state index in [2.05, 4.69) is 15.3 Å². The van der Waals surface area contributed by atoms with Crippen LogP contribution in [0.5, 0.6) is 0 Å². The molecule has 1 aromatic carbocycles. The first-order valence-electron chi connectivity index (χ1n) is 6.02. The predicted octanol–water partition coefficient (Wildman–Crippen LogP) is 2.37. The van der Waals surface area contributed by atoms with Crippen molar-refractivity contribution >= 4 is 17.6 Å². The van der Waals surface area contributed by atoms with Gasteiger partial charge < -0.3 is 15.2 Å². The van der Waals surface area contributed by atoms with E-state index >= 15 is 0 Å². The number of hydrogen-bond acceptors (Lipinski definition) is 5. The topological polar surface area (TPSA) is 84.3 Å². The van der Waals surface area contributed by atoms with Crippen molar-refractivity contribution in [2.24, 2.45) is 0 Å². The van der Waals surface area contributed by atoms with Gasteiger partial charge in [-0.25, -0.2) is 14.8 Å². The maximum atomic E-state index is 10.9. The van der Waals surface area contributed by atoms with Crippen LogP contribution in [0.15, 0.2) is 30.5 Å². The minimum Gasteiger partial charge on any atom is -0.478 e. The molecule has 0 amide bonds. The summed E-state index contributed by atoms with van der Waals surface area (Å²) in [4.78, 5) is 19.1. The molecule has 2 aromatic rings. The fourth-order valence-corrected chi connectivity index (χ4v) is 1.78. The number of aromatic nitrogens is 2. The van der Waals surface area contributed by atoms with Gasteiger partial charge in [0.05, 0.1) is 17.9 Å². The molecule has 6 heteroatoms. The van der Waals surface area contributed by atoms with Crippen LogP contribution in [0.25, 0.3) is 0 Å². The number of para-hydroxylation sites is 1. The van der Waals surface area contributed by atoms with Crippen LogP contribution in [-0.2, 0) is 11.3 Å². The van der Waals surface area contributed by atoms with E-state index in [0.717, 1.165) is 11.3 Å². The highest BCUT2D eigenvalue weighted by atomic mass is 16.5. The molecule has 0 unspecified atom stereocenters. The van der Waals surface area contributed by atoms with Crippen LogP contribution in [0.3, 0.4) is 0 Å². The molecule has 0 saturated heterocycles. The Morgan fingerprint density at radius 1 is 1.40 bits per heavy atom. The standard InChI is InChI=1S/C14H15N3O3/c1-9-11(13(18)19)7-15-14(16-9)17-12-6-4-3-5-10(12)8-20-2/h3-7H,8H2,1-2H3,(H,18,19)(H,15,16,17). The van der Waals surface area contributed by atoms with Gasteiger partial charge in [0.15, 0.2) is 0 Å². The van der Waals surface area contributed by atoms with Crippen LogP contribution < -0.4 is 5.32 Å². The Labute approximate surface area is 116 Å². The third-order valence-electron chi connectivity index (χ3n) is 2.77. The molecular weight excluding hydrogens is 258 g/mol. The minimum absolute atomic E-state index is 0.0979. The molecule has 2 rings (SSSR count). The van der Waals surface area contributed by atoms with Gasteiger partial charge in [-0.05, 0) is 13.0 Å². The van der Waals surface area contributed by atoms with E-state index in [4.69, 9.17) is 9.84 Å². The van der Waals surface area contributed by atoms with E-state index in [1.165, 1.54) is 6.20 Å². The summed E-state index contributed by atoms with van der Waals surface area (Å²) in [7, 11) is 1.62. The number of hydrogen-bond donors (Lipinski definition) is 2. The number of aryl methyl sites for hydroxylation is 1. The summed E-state index contributed by atoms with van der Waals surface area (Å²) < 4.78 is 5.12. The lowest BCUT2D eigenvalue weighted by molar-refractivity contribution is 0.0695. The SMILES string of the molecule is COCc1ccccc1Nc1ncc(C(=O)O)c(C)n1. The molecule has 0 radical (unpaired) electrons. The first-order valence-corrected chi connectivity index (χ1v) is 6.02. The third-order valence-corrected chi connectivity index (χ3v) is 2.77. The molecule has 0 bridgehead atoms. The number of carboxylic acids is 1. The Hall–Kier alpha value is -2.47. The van der Waals surface area contributed by atoms with Crippen LogP contribution in [0, 0.1) is 6.92 Å². The maximum Gasteiger partial charge on any atom is 0.339 e. The van der Waals surface area contributed by atoms with Gasteiger partial charge in [0.1, 0.15) is 0 Å². The van der Waals surface area contributed by atoms with Gasteiger partial charge >= 0.3 is 5.97 Å². The second-order valence-electron chi connectivity index (χ2n) is 4.21. The summed E-state index contributed by atoms with van der Waals surface area (Å²) in [6.45, 7) is 2.10. The normalized spacial score (nSPS) is 10.3. The van der Waals surface area contributed by atoms with Crippen molar-refractivity contribution < 1.29 is 14.6 Å². The Morgan fingerprint density at radius 2 is 2.15 bits per heavy atom. The average Bonchev–Trinajstić information content (AvgIpc) is 2.41. The summed E-state index contributed by atoms with van der Waals surface area (Å²) in [5.74, 6) is -0.676. The zero-order chi connectivity index (χ0) is 14.5. The molecule has 104 valence electrons. The Kier molecular flexibility index (Phi) is 4.27. The summed E-state index contributed by atoms with van der Waals surface area (Å²) in [6.07, 6.45) is 1.30. The van der Waals surface area contributed by atoms with Gasteiger partial charge in [-0.2, -0.15) is 0 Å². The Bertz CT molecular complexity index is 629. The molecule has 0 atom stereocenters. The highest BCUT2D eigenvalue weighted by molar-refractivity contribution is 5.88. The van der Waals surface area contributed by atoms with E-state index in [1.54, 1.807) is 14.0 Å². The number of carbonyl (C=O) groups is 1. The van der Waals surface area contributed by atoms with Crippen molar-refractivity contribution in [2.45, 2.75) is 13.5 Å². The van der Waals surface area contributed by atoms with Crippen molar-refractivity contribution in [1.29, 1.82) is 0 Å². The number of nitrogens with zero attached hydrogens (tertiary/aromatic N) is 2. The summed E-state index contributed by atoms with van der Waals surface area (Å²) in [5.41, 5.74) is 2.32. The van der Waals surface area contributed by atoms with Crippen molar-refractivity contribution in [3.63, 3.8) is 0 Å². The fraction of sp³-hybridized carbons (Fsp3) is 0.214. The van der Waals surface area contributed by atoms with Gasteiger partial charge in [-0.15, -0.1) is 0 Å². The Balaban J connectivity index is 2.26. The van der Waals surface area contributed by atoms with Crippen molar-refractivity contribution in [3.05, 3.63) is 47.3 Å². The van der Waals surface area contributed by atoms with Crippen molar-refractivity contribution in [1.82, 2.24) is 9.97 Å². The number of benzene rings is 1. The first-order chi connectivity index (χ1) is 9.61. The van der Waals surface area contributed by atoms with Gasteiger partial charge in [0.2, 0.25) is 5.95 Å². The lowest BCUT2D eigenvalue weighted by Crippen LogP contribution is -2.07. The van der Waals surface area contributed by atoms with Gasteiger partial charge in [0.25, 0.3) is 0 Å². The quantitative estimate of drug-likeness (QED) is 0.870. The zero-order valence-corrected chi connectivity index (χ0v) is 11.3. The summed E-state index contributed by atoms with van der Waals surface area (Å²) in [6, 6.07) is 7.63. The molecule has 0 fully saturated rings. The molecule has 0 aliphatic heterocycles. The van der Waals surface area contributed by atoms with E-state index in [9.17, 15) is 4.79 Å². The van der Waals surface area contributed by atoms with Crippen LogP contribution in [0.2, 0.25) is 0 Å². The van der Waals surface area contributed by atoms with Gasteiger partial charge in [0, 0.05) is 24.6 Å². The highest BCUT2D eigenvalue weighted by Gasteiger charge is 2.10. The van der Waals surface area contributed by atoms with E-state index < -0.39 is 5.97 Å². The first kappa shape index (κ1) is 14.0. The average molecular weight is 273 g/mol. The molecule has 6 nitrogen and oxygen atoms in total. The molecule has 2 N–H and O–H groups in total. The molecule has 0 aliphatic carbocycles. The number of ether oxygens (including phenoxy) is 1. The molecule has 0 spiro atoms. The smallest absolute Gasteiger partial charge is 0.339 e. The molecular formula is C14H15N3O3. The number of anilines is 2. The third kappa shape index (κ3) is 3.10. The lowest BCUT2D eigenvalue weighted by Gasteiger charge is -2.11. The van der Waals surface area contributed by atoms with Gasteiger partial charge in [-0.1, -0.05) is 18.2 Å². The van der Waals surface area contributed by atoms with Crippen molar-refractivity contribution in [2.75, 3.05) is 12.4 Å². The minimum atomic E-state index is -1.03. The molecule has 1 aromatic heterocycles. The maximum absolute atomic E-state index is 10.9. The number of nitrogens with one attached hydrogen (secondary N) is 1. The lowest BCUT2D eigenvalue weighted by atomic mass is 10.2. The summed E-state index contributed by atoms with van der Waals surface area (Å²) in [5, 5.41) is 12.0. The second kappa shape index (κ2) is 6.12. The van der Waals surface area contributed by atoms with E-state index in [0.29, 0.717) is 18.2 Å². The number of carboxylic acid groups (broad SMARTS) is 1. The Morgan fingerprint density at radius 3 is 2.80 bits per heavy atom. The van der Waals surface area contributed by atoms with Crippen LogP contribution in [0.4, 0.5) is 11.6 Å². The van der Waals surface area contributed by atoms with E-state index in [1.807, 2.05) is 24.3 Å².